The third-order valence-corrected chi connectivity index (χ3v) is 5.26. The van der Waals surface area contributed by atoms with Crippen molar-refractivity contribution < 1.29 is 9.18 Å². The molecular weight excluding hydrogens is 305 g/mol. The van der Waals surface area contributed by atoms with Crippen LogP contribution in [0.3, 0.4) is 0 Å². The van der Waals surface area contributed by atoms with Crippen LogP contribution in [0.4, 0.5) is 4.39 Å². The molecule has 1 saturated carbocycles. The highest BCUT2D eigenvalue weighted by atomic mass is 19.1. The van der Waals surface area contributed by atoms with Gasteiger partial charge < -0.3 is 5.32 Å². The fourth-order valence-electron chi connectivity index (χ4n) is 3.81. The van der Waals surface area contributed by atoms with Crippen LogP contribution in [0, 0.1) is 5.82 Å². The fraction of sp³-hybridized carbons (Fsp3) is 0.632. The minimum atomic E-state index is -0.223. The number of halogens is 1. The summed E-state index contributed by atoms with van der Waals surface area (Å²) in [5.41, 5.74) is 1.04. The van der Waals surface area contributed by atoms with Crippen molar-refractivity contribution in [1.82, 2.24) is 15.1 Å². The van der Waals surface area contributed by atoms with Crippen LogP contribution in [0.1, 0.15) is 31.2 Å². The lowest BCUT2D eigenvalue weighted by atomic mass is 10.1. The zero-order chi connectivity index (χ0) is 16.8. The topological polar surface area (TPSA) is 35.6 Å². The molecular formula is C19H28FN3O. The molecule has 2 fully saturated rings. The van der Waals surface area contributed by atoms with Crippen LogP contribution in [0.25, 0.3) is 0 Å². The first kappa shape index (κ1) is 17.4. The summed E-state index contributed by atoms with van der Waals surface area (Å²) < 4.78 is 12.8. The van der Waals surface area contributed by atoms with E-state index in [0.29, 0.717) is 13.1 Å². The highest BCUT2D eigenvalue weighted by Gasteiger charge is 2.26. The summed E-state index contributed by atoms with van der Waals surface area (Å²) in [6, 6.07) is 7.24. The first-order chi connectivity index (χ1) is 11.7. The molecule has 3 rings (SSSR count). The molecule has 0 atom stereocenters. The Morgan fingerprint density at radius 1 is 1.08 bits per heavy atom. The van der Waals surface area contributed by atoms with Gasteiger partial charge in [-0.25, -0.2) is 4.39 Å². The van der Waals surface area contributed by atoms with Crippen molar-refractivity contribution >= 4 is 5.91 Å². The van der Waals surface area contributed by atoms with E-state index in [9.17, 15) is 9.18 Å². The number of hydrogen-bond acceptors (Lipinski definition) is 3. The third kappa shape index (κ3) is 5.02. The third-order valence-electron chi connectivity index (χ3n) is 5.26. The average Bonchev–Trinajstić information content (AvgIpc) is 3.12. The molecule has 5 heteroatoms. The number of carbonyl (C=O) groups is 1. The summed E-state index contributed by atoms with van der Waals surface area (Å²) in [5.74, 6) is -0.133. The van der Waals surface area contributed by atoms with Crippen LogP contribution in [0.5, 0.6) is 0 Å². The zero-order valence-electron chi connectivity index (χ0n) is 14.3. The number of amides is 1. The van der Waals surface area contributed by atoms with Crippen LogP contribution in [-0.4, -0.2) is 61.0 Å². The van der Waals surface area contributed by atoms with Gasteiger partial charge in [0.2, 0.25) is 5.91 Å². The van der Waals surface area contributed by atoms with Crippen molar-refractivity contribution in [2.24, 2.45) is 0 Å². The number of piperazine rings is 1. The number of nitrogens with zero attached hydrogens (tertiary/aromatic N) is 2. The summed E-state index contributed by atoms with van der Waals surface area (Å²) in [4.78, 5) is 16.9. The first-order valence-corrected chi connectivity index (χ1v) is 9.18. The van der Waals surface area contributed by atoms with Crippen LogP contribution in [-0.2, 0) is 11.2 Å². The van der Waals surface area contributed by atoms with Gasteiger partial charge in [-0.2, -0.15) is 0 Å². The van der Waals surface area contributed by atoms with Gasteiger partial charge in [0.05, 0.1) is 6.54 Å². The molecule has 1 N–H and O–H groups in total. The highest BCUT2D eigenvalue weighted by Crippen LogP contribution is 2.24. The SMILES string of the molecule is O=C(CN1CCN(C2CCCC2)CC1)NCCc1ccc(F)cc1. The minimum absolute atomic E-state index is 0.0893. The Hall–Kier alpha value is -1.46. The second-order valence-corrected chi connectivity index (χ2v) is 6.98. The van der Waals surface area contributed by atoms with Gasteiger partial charge in [-0.05, 0) is 37.0 Å². The van der Waals surface area contributed by atoms with E-state index in [1.807, 2.05) is 0 Å². The molecule has 0 spiro atoms. The van der Waals surface area contributed by atoms with E-state index in [1.165, 1.54) is 37.8 Å². The summed E-state index contributed by atoms with van der Waals surface area (Å²) in [6.07, 6.45) is 6.19. The molecule has 0 unspecified atom stereocenters. The van der Waals surface area contributed by atoms with Crippen molar-refractivity contribution in [2.75, 3.05) is 39.3 Å². The molecule has 1 aromatic rings. The molecule has 1 aliphatic heterocycles. The maximum absolute atomic E-state index is 12.8. The van der Waals surface area contributed by atoms with Crippen molar-refractivity contribution in [3.05, 3.63) is 35.6 Å². The molecule has 0 radical (unpaired) electrons. The monoisotopic (exact) mass is 333 g/mol. The van der Waals surface area contributed by atoms with E-state index < -0.39 is 0 Å². The van der Waals surface area contributed by atoms with Crippen LogP contribution in [0.2, 0.25) is 0 Å². The Morgan fingerprint density at radius 3 is 2.42 bits per heavy atom. The first-order valence-electron chi connectivity index (χ1n) is 9.18. The largest absolute Gasteiger partial charge is 0.355 e. The quantitative estimate of drug-likeness (QED) is 0.865. The predicted molar refractivity (Wildman–Crippen MR) is 93.4 cm³/mol. The Bertz CT molecular complexity index is 520. The van der Waals surface area contributed by atoms with E-state index in [4.69, 9.17) is 0 Å². The predicted octanol–water partition coefficient (Wildman–Crippen LogP) is 2.04. The van der Waals surface area contributed by atoms with Gasteiger partial charge in [-0.3, -0.25) is 14.6 Å². The molecule has 4 nitrogen and oxygen atoms in total. The summed E-state index contributed by atoms with van der Waals surface area (Å²) in [5, 5.41) is 2.97. The number of rotatable bonds is 6. The lowest BCUT2D eigenvalue weighted by Crippen LogP contribution is -2.51. The van der Waals surface area contributed by atoms with E-state index in [-0.39, 0.29) is 11.7 Å². The average molecular weight is 333 g/mol. The molecule has 24 heavy (non-hydrogen) atoms. The number of nitrogens with one attached hydrogen (secondary N) is 1. The zero-order valence-corrected chi connectivity index (χ0v) is 14.3. The van der Waals surface area contributed by atoms with Gasteiger partial charge in [0.15, 0.2) is 0 Å². The Kier molecular flexibility index (Phi) is 6.21. The second kappa shape index (κ2) is 8.58. The van der Waals surface area contributed by atoms with Gasteiger partial charge >= 0.3 is 0 Å². The molecule has 0 aromatic heterocycles. The minimum Gasteiger partial charge on any atom is -0.355 e. The molecule has 1 saturated heterocycles. The van der Waals surface area contributed by atoms with Gasteiger partial charge in [0, 0.05) is 38.8 Å². The number of benzene rings is 1. The maximum Gasteiger partial charge on any atom is 0.234 e. The van der Waals surface area contributed by atoms with Crippen LogP contribution in [0.15, 0.2) is 24.3 Å². The van der Waals surface area contributed by atoms with Gasteiger partial charge in [-0.1, -0.05) is 25.0 Å². The van der Waals surface area contributed by atoms with E-state index in [2.05, 4.69) is 15.1 Å². The number of hydrogen-bond donors (Lipinski definition) is 1. The van der Waals surface area contributed by atoms with Crippen LogP contribution < -0.4 is 5.32 Å². The van der Waals surface area contributed by atoms with Crippen molar-refractivity contribution in [2.45, 2.75) is 38.1 Å². The summed E-state index contributed by atoms with van der Waals surface area (Å²) >= 11 is 0. The lowest BCUT2D eigenvalue weighted by molar-refractivity contribution is -0.122. The van der Waals surface area contributed by atoms with Crippen LogP contribution >= 0.6 is 0 Å². The Morgan fingerprint density at radius 2 is 1.75 bits per heavy atom. The molecule has 1 heterocycles. The Balaban J connectivity index is 1.31. The molecule has 2 aliphatic rings. The molecule has 0 bridgehead atoms. The van der Waals surface area contributed by atoms with E-state index in [0.717, 1.165) is 44.2 Å². The normalized spacial score (nSPS) is 20.4. The van der Waals surface area contributed by atoms with Gasteiger partial charge in [0.25, 0.3) is 0 Å². The highest BCUT2D eigenvalue weighted by molar-refractivity contribution is 5.78. The molecule has 1 aromatic carbocycles. The maximum atomic E-state index is 12.8. The molecule has 132 valence electrons. The lowest BCUT2D eigenvalue weighted by Gasteiger charge is -2.37. The molecule has 1 amide bonds. The number of carbonyl (C=O) groups excluding carboxylic acids is 1. The van der Waals surface area contributed by atoms with E-state index in [1.54, 1.807) is 12.1 Å². The second-order valence-electron chi connectivity index (χ2n) is 6.98. The summed E-state index contributed by atoms with van der Waals surface area (Å²) in [7, 11) is 0. The summed E-state index contributed by atoms with van der Waals surface area (Å²) in [6.45, 7) is 5.25. The Labute approximate surface area is 144 Å². The van der Waals surface area contributed by atoms with Crippen molar-refractivity contribution in [3.8, 4) is 0 Å². The van der Waals surface area contributed by atoms with Crippen molar-refractivity contribution in [3.63, 3.8) is 0 Å². The fourth-order valence-corrected chi connectivity index (χ4v) is 3.81. The van der Waals surface area contributed by atoms with Gasteiger partial charge in [0.1, 0.15) is 5.82 Å². The van der Waals surface area contributed by atoms with E-state index >= 15 is 0 Å². The standard InChI is InChI=1S/C19H28FN3O/c20-17-7-5-16(6-8-17)9-10-21-19(24)15-22-11-13-23(14-12-22)18-3-1-2-4-18/h5-8,18H,1-4,9-15H2,(H,21,24). The molecule has 1 aliphatic carbocycles. The smallest absolute Gasteiger partial charge is 0.234 e. The van der Waals surface area contributed by atoms with Crippen molar-refractivity contribution in [1.29, 1.82) is 0 Å². The van der Waals surface area contributed by atoms with Gasteiger partial charge in [-0.15, -0.1) is 0 Å².